The molecule has 0 aliphatic carbocycles. The Morgan fingerprint density at radius 1 is 1.56 bits per heavy atom. The SMILES string of the molecule is Cc1nn(C)c(CC2COCCC2Br)c1Br. The fraction of sp³-hybridized carbons (Fsp3) is 0.727. The molecule has 1 aromatic heterocycles. The number of rotatable bonds is 2. The van der Waals surface area contributed by atoms with Gasteiger partial charge in [0.1, 0.15) is 0 Å². The fourth-order valence-electron chi connectivity index (χ4n) is 2.11. The average molecular weight is 352 g/mol. The molecule has 2 unspecified atom stereocenters. The number of halogens is 2. The largest absolute Gasteiger partial charge is 0.381 e. The van der Waals surface area contributed by atoms with Crippen LogP contribution in [0.15, 0.2) is 4.47 Å². The molecule has 2 atom stereocenters. The van der Waals surface area contributed by atoms with Crippen LogP contribution in [0.3, 0.4) is 0 Å². The number of aryl methyl sites for hydroxylation is 2. The van der Waals surface area contributed by atoms with E-state index in [-0.39, 0.29) is 0 Å². The first-order valence-electron chi connectivity index (χ1n) is 5.49. The molecule has 2 heterocycles. The number of alkyl halides is 1. The normalized spacial score (nSPS) is 26.0. The second-order valence-corrected chi connectivity index (χ2v) is 6.28. The van der Waals surface area contributed by atoms with Crippen molar-refractivity contribution in [1.82, 2.24) is 9.78 Å². The lowest BCUT2D eigenvalue weighted by atomic mass is 9.96. The second-order valence-electron chi connectivity index (χ2n) is 4.31. The van der Waals surface area contributed by atoms with Gasteiger partial charge in [-0.15, -0.1) is 0 Å². The summed E-state index contributed by atoms with van der Waals surface area (Å²) in [7, 11) is 2.00. The summed E-state index contributed by atoms with van der Waals surface area (Å²) in [6.45, 7) is 3.74. The summed E-state index contributed by atoms with van der Waals surface area (Å²) < 4.78 is 8.64. The van der Waals surface area contributed by atoms with Crippen LogP contribution >= 0.6 is 31.9 Å². The summed E-state index contributed by atoms with van der Waals surface area (Å²) in [6, 6.07) is 0. The van der Waals surface area contributed by atoms with E-state index in [9.17, 15) is 0 Å². The minimum atomic E-state index is 0.542. The molecule has 0 aromatic carbocycles. The van der Waals surface area contributed by atoms with E-state index in [2.05, 4.69) is 37.0 Å². The van der Waals surface area contributed by atoms with Crippen LogP contribution in [0.5, 0.6) is 0 Å². The zero-order valence-electron chi connectivity index (χ0n) is 9.54. The molecule has 0 spiro atoms. The summed E-state index contributed by atoms with van der Waals surface area (Å²) in [5, 5.41) is 4.41. The van der Waals surface area contributed by atoms with Crippen LogP contribution in [-0.2, 0) is 18.2 Å². The molecule has 2 rings (SSSR count). The maximum atomic E-state index is 5.54. The van der Waals surface area contributed by atoms with Crippen molar-refractivity contribution in [3.8, 4) is 0 Å². The van der Waals surface area contributed by atoms with Crippen molar-refractivity contribution in [1.29, 1.82) is 0 Å². The van der Waals surface area contributed by atoms with Crippen LogP contribution in [0.1, 0.15) is 17.8 Å². The zero-order chi connectivity index (χ0) is 11.7. The van der Waals surface area contributed by atoms with Gasteiger partial charge in [-0.25, -0.2) is 0 Å². The van der Waals surface area contributed by atoms with Gasteiger partial charge >= 0.3 is 0 Å². The molecule has 16 heavy (non-hydrogen) atoms. The van der Waals surface area contributed by atoms with Gasteiger partial charge in [-0.2, -0.15) is 5.10 Å². The first-order valence-corrected chi connectivity index (χ1v) is 7.20. The summed E-state index contributed by atoms with van der Waals surface area (Å²) in [5.74, 6) is 0.542. The van der Waals surface area contributed by atoms with Gasteiger partial charge in [0.2, 0.25) is 0 Å². The number of nitrogens with zero attached hydrogens (tertiary/aromatic N) is 2. The Morgan fingerprint density at radius 2 is 2.31 bits per heavy atom. The van der Waals surface area contributed by atoms with Crippen LogP contribution in [0.4, 0.5) is 0 Å². The molecule has 1 saturated heterocycles. The monoisotopic (exact) mass is 350 g/mol. The molecular formula is C11H16Br2N2O. The highest BCUT2D eigenvalue weighted by atomic mass is 79.9. The summed E-state index contributed by atoms with van der Waals surface area (Å²) in [5.41, 5.74) is 2.32. The van der Waals surface area contributed by atoms with E-state index in [1.165, 1.54) is 5.69 Å². The highest BCUT2D eigenvalue weighted by Crippen LogP contribution is 2.29. The fourth-order valence-corrected chi connectivity index (χ4v) is 3.13. The first kappa shape index (κ1) is 12.6. The summed E-state index contributed by atoms with van der Waals surface area (Å²) >= 11 is 7.35. The second kappa shape index (κ2) is 5.19. The van der Waals surface area contributed by atoms with Gasteiger partial charge in [-0.05, 0) is 35.7 Å². The molecule has 0 saturated carbocycles. The molecule has 90 valence electrons. The highest BCUT2D eigenvalue weighted by molar-refractivity contribution is 9.10. The highest BCUT2D eigenvalue weighted by Gasteiger charge is 2.26. The lowest BCUT2D eigenvalue weighted by molar-refractivity contribution is 0.0598. The van der Waals surface area contributed by atoms with Crippen LogP contribution < -0.4 is 0 Å². The predicted molar refractivity (Wildman–Crippen MR) is 71.0 cm³/mol. The van der Waals surface area contributed by atoms with Crippen molar-refractivity contribution in [3.05, 3.63) is 15.9 Å². The molecule has 0 amide bonds. The standard InChI is InChI=1S/C11H16Br2N2O/c1-7-11(13)10(15(2)14-7)5-8-6-16-4-3-9(8)12/h8-9H,3-6H2,1-2H3. The third kappa shape index (κ3) is 2.51. The third-order valence-corrected chi connectivity index (χ3v) is 5.34. The van der Waals surface area contributed by atoms with Crippen LogP contribution in [-0.4, -0.2) is 27.8 Å². The quantitative estimate of drug-likeness (QED) is 0.766. The number of hydrogen-bond acceptors (Lipinski definition) is 2. The zero-order valence-corrected chi connectivity index (χ0v) is 12.7. The summed E-state index contributed by atoms with van der Waals surface area (Å²) in [4.78, 5) is 0.559. The van der Waals surface area contributed by atoms with Crippen molar-refractivity contribution in [2.24, 2.45) is 13.0 Å². The van der Waals surface area contributed by atoms with Crippen molar-refractivity contribution in [2.45, 2.75) is 24.6 Å². The van der Waals surface area contributed by atoms with Gasteiger partial charge in [0.15, 0.2) is 0 Å². The number of ether oxygens (including phenoxy) is 1. The van der Waals surface area contributed by atoms with E-state index < -0.39 is 0 Å². The average Bonchev–Trinajstić information content (AvgIpc) is 2.48. The minimum absolute atomic E-state index is 0.542. The third-order valence-electron chi connectivity index (χ3n) is 3.10. The molecule has 1 aromatic rings. The van der Waals surface area contributed by atoms with E-state index in [4.69, 9.17) is 4.74 Å². The molecule has 0 radical (unpaired) electrons. The van der Waals surface area contributed by atoms with Gasteiger partial charge in [0, 0.05) is 24.4 Å². The van der Waals surface area contributed by atoms with E-state index in [0.29, 0.717) is 10.7 Å². The van der Waals surface area contributed by atoms with E-state index >= 15 is 0 Å². The van der Waals surface area contributed by atoms with Crippen molar-refractivity contribution in [2.75, 3.05) is 13.2 Å². The molecule has 3 nitrogen and oxygen atoms in total. The van der Waals surface area contributed by atoms with E-state index in [1.54, 1.807) is 0 Å². The predicted octanol–water partition coefficient (Wildman–Crippen LogP) is 2.83. The van der Waals surface area contributed by atoms with Gasteiger partial charge < -0.3 is 4.74 Å². The Labute approximate surface area is 113 Å². The molecular weight excluding hydrogens is 336 g/mol. The molecule has 0 bridgehead atoms. The molecule has 1 fully saturated rings. The summed E-state index contributed by atoms with van der Waals surface area (Å²) in [6.07, 6.45) is 2.10. The molecule has 1 aliphatic heterocycles. The van der Waals surface area contributed by atoms with Crippen LogP contribution in [0, 0.1) is 12.8 Å². The Bertz CT molecular complexity index is 378. The maximum Gasteiger partial charge on any atom is 0.0738 e. The minimum Gasteiger partial charge on any atom is -0.381 e. The molecule has 5 heteroatoms. The van der Waals surface area contributed by atoms with Crippen molar-refractivity contribution < 1.29 is 4.74 Å². The topological polar surface area (TPSA) is 27.1 Å². The van der Waals surface area contributed by atoms with E-state index in [0.717, 1.165) is 36.2 Å². The number of hydrogen-bond donors (Lipinski definition) is 0. The van der Waals surface area contributed by atoms with Gasteiger partial charge in [-0.3, -0.25) is 4.68 Å². The Morgan fingerprint density at radius 3 is 2.88 bits per heavy atom. The maximum absolute atomic E-state index is 5.54. The van der Waals surface area contributed by atoms with Gasteiger partial charge in [0.25, 0.3) is 0 Å². The lowest BCUT2D eigenvalue weighted by Crippen LogP contribution is -2.30. The van der Waals surface area contributed by atoms with Gasteiger partial charge in [0.05, 0.1) is 22.5 Å². The Kier molecular flexibility index (Phi) is 4.08. The lowest BCUT2D eigenvalue weighted by Gasteiger charge is -2.27. The smallest absolute Gasteiger partial charge is 0.0738 e. The van der Waals surface area contributed by atoms with Crippen LogP contribution in [0.2, 0.25) is 0 Å². The molecule has 1 aliphatic rings. The van der Waals surface area contributed by atoms with E-state index in [1.807, 2.05) is 18.7 Å². The first-order chi connectivity index (χ1) is 7.59. The van der Waals surface area contributed by atoms with Gasteiger partial charge in [-0.1, -0.05) is 15.9 Å². The Hall–Kier alpha value is 0.130. The van der Waals surface area contributed by atoms with Crippen molar-refractivity contribution in [3.63, 3.8) is 0 Å². The Balaban J connectivity index is 2.13. The van der Waals surface area contributed by atoms with Crippen molar-refractivity contribution >= 4 is 31.9 Å². The van der Waals surface area contributed by atoms with Crippen LogP contribution in [0.25, 0.3) is 0 Å². The number of aromatic nitrogens is 2. The molecule has 0 N–H and O–H groups in total.